The number of hydrogen-bond acceptors (Lipinski definition) is 3. The van der Waals surface area contributed by atoms with Gasteiger partial charge in [-0.25, -0.2) is 13.2 Å². The van der Waals surface area contributed by atoms with E-state index >= 15 is 0 Å². The lowest BCUT2D eigenvalue weighted by Crippen LogP contribution is -2.08. The highest BCUT2D eigenvalue weighted by atomic mass is 127. The SMILES string of the molecule is NC(=O)c1cc2c(F)c(F)c(Nc3ccc(I)cc3F)cc2o1. The van der Waals surface area contributed by atoms with E-state index in [1.807, 2.05) is 22.6 Å². The van der Waals surface area contributed by atoms with Gasteiger partial charge < -0.3 is 15.5 Å². The third-order valence-electron chi connectivity index (χ3n) is 3.15. The van der Waals surface area contributed by atoms with Crippen LogP contribution >= 0.6 is 22.6 Å². The molecule has 118 valence electrons. The summed E-state index contributed by atoms with van der Waals surface area (Å²) in [6.07, 6.45) is 0. The quantitative estimate of drug-likeness (QED) is 0.607. The molecule has 1 amide bonds. The van der Waals surface area contributed by atoms with Crippen molar-refractivity contribution in [2.45, 2.75) is 0 Å². The standard InChI is InChI=1S/C15H8F3IN2O2/c16-8-3-6(19)1-2-9(8)21-10-5-11-7(13(17)14(10)18)4-12(23-11)15(20)22/h1-5,21H,(H2,20,22). The summed E-state index contributed by atoms with van der Waals surface area (Å²) in [6.45, 7) is 0. The van der Waals surface area contributed by atoms with E-state index in [2.05, 4.69) is 5.32 Å². The van der Waals surface area contributed by atoms with Crippen molar-refractivity contribution in [3.63, 3.8) is 0 Å². The number of amides is 1. The van der Waals surface area contributed by atoms with Gasteiger partial charge in [0.2, 0.25) is 0 Å². The molecular weight excluding hydrogens is 424 g/mol. The first-order chi connectivity index (χ1) is 10.9. The molecule has 0 bridgehead atoms. The zero-order valence-corrected chi connectivity index (χ0v) is 13.4. The molecule has 4 nitrogen and oxygen atoms in total. The molecule has 0 atom stereocenters. The number of rotatable bonds is 3. The minimum atomic E-state index is -1.22. The maximum Gasteiger partial charge on any atom is 0.284 e. The summed E-state index contributed by atoms with van der Waals surface area (Å²) in [5.74, 6) is -4.25. The number of furan rings is 1. The molecule has 0 saturated carbocycles. The summed E-state index contributed by atoms with van der Waals surface area (Å²) < 4.78 is 47.8. The first kappa shape index (κ1) is 15.7. The highest BCUT2D eigenvalue weighted by Gasteiger charge is 2.19. The van der Waals surface area contributed by atoms with E-state index in [1.54, 1.807) is 6.07 Å². The van der Waals surface area contributed by atoms with Crippen LogP contribution in [0, 0.1) is 21.0 Å². The predicted octanol–water partition coefficient (Wildman–Crippen LogP) is 4.30. The zero-order valence-electron chi connectivity index (χ0n) is 11.3. The van der Waals surface area contributed by atoms with Gasteiger partial charge in [-0.2, -0.15) is 0 Å². The maximum atomic E-state index is 14.1. The number of primary amides is 1. The van der Waals surface area contributed by atoms with Crippen LogP contribution < -0.4 is 11.1 Å². The van der Waals surface area contributed by atoms with Crippen LogP contribution in [0.2, 0.25) is 0 Å². The number of carbonyl (C=O) groups is 1. The second kappa shape index (κ2) is 5.76. The van der Waals surface area contributed by atoms with Crippen molar-refractivity contribution in [2.24, 2.45) is 5.73 Å². The number of carbonyl (C=O) groups excluding carboxylic acids is 1. The summed E-state index contributed by atoms with van der Waals surface area (Å²) in [5, 5.41) is 2.25. The topological polar surface area (TPSA) is 68.3 Å². The van der Waals surface area contributed by atoms with Crippen LogP contribution in [-0.4, -0.2) is 5.91 Å². The molecule has 0 spiro atoms. The highest BCUT2D eigenvalue weighted by molar-refractivity contribution is 14.1. The molecule has 0 aliphatic heterocycles. The van der Waals surface area contributed by atoms with Crippen LogP contribution in [-0.2, 0) is 0 Å². The number of hydrogen-bond donors (Lipinski definition) is 2. The number of nitrogens with two attached hydrogens (primary N) is 1. The number of halogens is 4. The van der Waals surface area contributed by atoms with E-state index in [-0.39, 0.29) is 28.1 Å². The molecule has 0 radical (unpaired) electrons. The van der Waals surface area contributed by atoms with E-state index in [4.69, 9.17) is 10.2 Å². The van der Waals surface area contributed by atoms with E-state index in [0.717, 1.165) is 12.1 Å². The average molecular weight is 432 g/mol. The minimum Gasteiger partial charge on any atom is -0.451 e. The van der Waals surface area contributed by atoms with Gasteiger partial charge in [-0.15, -0.1) is 0 Å². The van der Waals surface area contributed by atoms with Crippen molar-refractivity contribution < 1.29 is 22.4 Å². The van der Waals surface area contributed by atoms with E-state index < -0.39 is 23.4 Å². The fraction of sp³-hybridized carbons (Fsp3) is 0. The Hall–Kier alpha value is -2.23. The number of fused-ring (bicyclic) bond motifs is 1. The van der Waals surface area contributed by atoms with Crippen LogP contribution in [0.3, 0.4) is 0 Å². The molecule has 0 saturated heterocycles. The number of benzene rings is 2. The molecule has 2 aromatic carbocycles. The van der Waals surface area contributed by atoms with Crippen LogP contribution in [0.25, 0.3) is 11.0 Å². The lowest BCUT2D eigenvalue weighted by atomic mass is 10.2. The number of anilines is 2. The molecule has 0 fully saturated rings. The van der Waals surface area contributed by atoms with Crippen molar-refractivity contribution in [3.8, 4) is 0 Å². The van der Waals surface area contributed by atoms with Crippen LogP contribution in [0.4, 0.5) is 24.5 Å². The highest BCUT2D eigenvalue weighted by Crippen LogP contribution is 2.32. The van der Waals surface area contributed by atoms with Gasteiger partial charge >= 0.3 is 0 Å². The lowest BCUT2D eigenvalue weighted by molar-refractivity contribution is 0.0976. The summed E-state index contributed by atoms with van der Waals surface area (Å²) >= 11 is 1.92. The second-order valence-electron chi connectivity index (χ2n) is 4.69. The van der Waals surface area contributed by atoms with Crippen molar-refractivity contribution in [1.82, 2.24) is 0 Å². The van der Waals surface area contributed by atoms with Crippen LogP contribution in [0.15, 0.2) is 34.7 Å². The van der Waals surface area contributed by atoms with Crippen LogP contribution in [0.1, 0.15) is 10.6 Å². The third kappa shape index (κ3) is 2.85. The maximum absolute atomic E-state index is 14.1. The van der Waals surface area contributed by atoms with Gasteiger partial charge in [0.05, 0.1) is 16.8 Å². The first-order valence-electron chi connectivity index (χ1n) is 6.30. The normalized spacial score (nSPS) is 11.0. The van der Waals surface area contributed by atoms with E-state index in [0.29, 0.717) is 3.57 Å². The van der Waals surface area contributed by atoms with Gasteiger partial charge in [0, 0.05) is 15.7 Å². The van der Waals surface area contributed by atoms with Crippen LogP contribution in [0.5, 0.6) is 0 Å². The molecule has 0 unspecified atom stereocenters. The largest absolute Gasteiger partial charge is 0.451 e. The smallest absolute Gasteiger partial charge is 0.284 e. The Bertz CT molecular complexity index is 940. The molecule has 8 heteroatoms. The van der Waals surface area contributed by atoms with Gasteiger partial charge in [0.25, 0.3) is 5.91 Å². The summed E-state index contributed by atoms with van der Waals surface area (Å²) in [4.78, 5) is 11.1. The van der Waals surface area contributed by atoms with Crippen molar-refractivity contribution in [3.05, 3.63) is 57.1 Å². The fourth-order valence-electron chi connectivity index (χ4n) is 2.06. The van der Waals surface area contributed by atoms with E-state index in [9.17, 15) is 18.0 Å². The molecule has 3 aromatic rings. The lowest BCUT2D eigenvalue weighted by Gasteiger charge is -2.09. The minimum absolute atomic E-state index is 0.0234. The Balaban J connectivity index is 2.10. The molecule has 3 rings (SSSR count). The summed E-state index contributed by atoms with van der Waals surface area (Å²) in [6, 6.07) is 6.41. The van der Waals surface area contributed by atoms with Gasteiger partial charge in [-0.3, -0.25) is 4.79 Å². The Kier molecular flexibility index (Phi) is 3.92. The fourth-order valence-corrected chi connectivity index (χ4v) is 2.52. The first-order valence-corrected chi connectivity index (χ1v) is 7.38. The van der Waals surface area contributed by atoms with Gasteiger partial charge in [0.15, 0.2) is 17.4 Å². The molecule has 0 aliphatic rings. The summed E-state index contributed by atoms with van der Waals surface area (Å²) in [5.41, 5.74) is 4.63. The molecule has 1 aromatic heterocycles. The van der Waals surface area contributed by atoms with Crippen molar-refractivity contribution >= 4 is 50.8 Å². The predicted molar refractivity (Wildman–Crippen MR) is 87.0 cm³/mol. The van der Waals surface area contributed by atoms with Crippen molar-refractivity contribution in [1.29, 1.82) is 0 Å². The molecule has 1 heterocycles. The Morgan fingerprint density at radius 1 is 1.09 bits per heavy atom. The Morgan fingerprint density at radius 2 is 1.83 bits per heavy atom. The van der Waals surface area contributed by atoms with E-state index in [1.165, 1.54) is 12.1 Å². The zero-order chi connectivity index (χ0) is 16.7. The Labute approximate surface area is 141 Å². The Morgan fingerprint density at radius 3 is 2.48 bits per heavy atom. The van der Waals surface area contributed by atoms with Gasteiger partial charge in [0.1, 0.15) is 11.4 Å². The average Bonchev–Trinajstić information content (AvgIpc) is 2.91. The second-order valence-corrected chi connectivity index (χ2v) is 5.93. The number of nitrogens with one attached hydrogen (secondary N) is 1. The monoisotopic (exact) mass is 432 g/mol. The molecule has 0 aliphatic carbocycles. The molecule has 3 N–H and O–H groups in total. The van der Waals surface area contributed by atoms with Gasteiger partial charge in [-0.1, -0.05) is 0 Å². The molecule has 23 heavy (non-hydrogen) atoms. The van der Waals surface area contributed by atoms with Crippen molar-refractivity contribution in [2.75, 3.05) is 5.32 Å². The third-order valence-corrected chi connectivity index (χ3v) is 3.82. The van der Waals surface area contributed by atoms with Gasteiger partial charge in [-0.05, 0) is 40.8 Å². The summed E-state index contributed by atoms with van der Waals surface area (Å²) in [7, 11) is 0. The molecular formula is C15H8F3IN2O2.